The summed E-state index contributed by atoms with van der Waals surface area (Å²) in [5.74, 6) is 0. The van der Waals surface area contributed by atoms with E-state index in [0.717, 1.165) is 25.9 Å². The predicted octanol–water partition coefficient (Wildman–Crippen LogP) is 2.12. The Morgan fingerprint density at radius 2 is 1.73 bits per heavy atom. The first-order chi connectivity index (χ1) is 7.38. The Kier molecular flexibility index (Phi) is 3.37. The maximum Gasteiger partial charge on any atom is 0.329 e. The Labute approximate surface area is 89.9 Å². The summed E-state index contributed by atoms with van der Waals surface area (Å²) in [6, 6.07) is 0.0643. The lowest BCUT2D eigenvalue weighted by molar-refractivity contribution is 0.194. The molecule has 1 aromatic heterocycles. The number of hydrogen-bond acceptors (Lipinski definition) is 2. The molecule has 0 spiro atoms. The van der Waals surface area contributed by atoms with E-state index in [-0.39, 0.29) is 6.03 Å². The van der Waals surface area contributed by atoms with Crippen molar-refractivity contribution in [3.8, 4) is 0 Å². The average molecular weight is 207 g/mol. The number of imidazole rings is 1. The molecule has 1 amide bonds. The monoisotopic (exact) mass is 207 g/mol. The van der Waals surface area contributed by atoms with E-state index in [0.29, 0.717) is 0 Å². The minimum atomic E-state index is 0.0643. The molecule has 1 saturated heterocycles. The number of nitrogens with zero attached hydrogens (tertiary/aromatic N) is 3. The van der Waals surface area contributed by atoms with Gasteiger partial charge in [-0.25, -0.2) is 9.78 Å². The van der Waals surface area contributed by atoms with Gasteiger partial charge in [-0.1, -0.05) is 19.3 Å². The van der Waals surface area contributed by atoms with Crippen molar-refractivity contribution in [1.82, 2.24) is 14.5 Å². The molecule has 1 fully saturated rings. The first kappa shape index (κ1) is 10.2. The van der Waals surface area contributed by atoms with E-state index in [1.807, 2.05) is 4.90 Å². The fourth-order valence-corrected chi connectivity index (χ4v) is 1.97. The largest absolute Gasteiger partial charge is 0.329 e. The van der Waals surface area contributed by atoms with Gasteiger partial charge in [0.2, 0.25) is 0 Å². The van der Waals surface area contributed by atoms with E-state index in [4.69, 9.17) is 0 Å². The third-order valence-corrected chi connectivity index (χ3v) is 2.85. The van der Waals surface area contributed by atoms with Gasteiger partial charge in [-0.3, -0.25) is 4.57 Å². The van der Waals surface area contributed by atoms with Crippen LogP contribution in [-0.4, -0.2) is 33.6 Å². The van der Waals surface area contributed by atoms with Gasteiger partial charge in [0, 0.05) is 25.5 Å². The lowest BCUT2D eigenvalue weighted by Crippen LogP contribution is -2.36. The summed E-state index contributed by atoms with van der Waals surface area (Å²) >= 11 is 0. The average Bonchev–Trinajstić information content (AvgIpc) is 2.68. The molecule has 82 valence electrons. The molecule has 0 atom stereocenters. The second-order valence-corrected chi connectivity index (χ2v) is 4.01. The molecule has 2 rings (SSSR count). The third kappa shape index (κ3) is 2.58. The van der Waals surface area contributed by atoms with Gasteiger partial charge in [-0.05, 0) is 12.8 Å². The van der Waals surface area contributed by atoms with Crippen LogP contribution in [0.1, 0.15) is 32.1 Å². The van der Waals surface area contributed by atoms with Crippen LogP contribution >= 0.6 is 0 Å². The number of aromatic nitrogens is 2. The summed E-state index contributed by atoms with van der Waals surface area (Å²) in [4.78, 5) is 17.8. The van der Waals surface area contributed by atoms with Crippen LogP contribution in [0, 0.1) is 0 Å². The van der Waals surface area contributed by atoms with Crippen molar-refractivity contribution in [2.75, 3.05) is 13.1 Å². The lowest BCUT2D eigenvalue weighted by atomic mass is 10.1. The first-order valence-corrected chi connectivity index (χ1v) is 5.65. The summed E-state index contributed by atoms with van der Waals surface area (Å²) in [5.41, 5.74) is 0. The highest BCUT2D eigenvalue weighted by atomic mass is 16.2. The van der Waals surface area contributed by atoms with Crippen LogP contribution in [0.25, 0.3) is 0 Å². The Morgan fingerprint density at radius 1 is 1.07 bits per heavy atom. The van der Waals surface area contributed by atoms with Crippen molar-refractivity contribution in [3.63, 3.8) is 0 Å². The van der Waals surface area contributed by atoms with Crippen LogP contribution in [0.4, 0.5) is 4.79 Å². The topological polar surface area (TPSA) is 38.1 Å². The molecule has 1 aliphatic heterocycles. The zero-order valence-corrected chi connectivity index (χ0v) is 8.93. The van der Waals surface area contributed by atoms with Gasteiger partial charge in [0.1, 0.15) is 6.33 Å². The normalized spacial score (nSPS) is 18.3. The summed E-state index contributed by atoms with van der Waals surface area (Å²) < 4.78 is 1.56. The Hall–Kier alpha value is -1.32. The minimum Gasteiger partial charge on any atom is -0.324 e. The quantitative estimate of drug-likeness (QED) is 0.653. The highest BCUT2D eigenvalue weighted by molar-refractivity contribution is 5.76. The van der Waals surface area contributed by atoms with E-state index < -0.39 is 0 Å². The molecule has 0 aromatic carbocycles. The van der Waals surface area contributed by atoms with Crippen LogP contribution in [0.15, 0.2) is 18.7 Å². The Morgan fingerprint density at radius 3 is 2.33 bits per heavy atom. The summed E-state index contributed by atoms with van der Waals surface area (Å²) in [7, 11) is 0. The van der Waals surface area contributed by atoms with Gasteiger partial charge in [0.05, 0.1) is 0 Å². The lowest BCUT2D eigenvalue weighted by Gasteiger charge is -2.24. The molecule has 4 nitrogen and oxygen atoms in total. The zero-order chi connectivity index (χ0) is 10.5. The number of carbonyl (C=O) groups is 1. The Balaban J connectivity index is 1.98. The molecule has 4 heteroatoms. The van der Waals surface area contributed by atoms with E-state index >= 15 is 0 Å². The van der Waals surface area contributed by atoms with E-state index in [1.54, 1.807) is 23.3 Å². The standard InChI is InChI=1S/C11H17N3O/c15-11(14-9-6-12-10-14)13-7-4-2-1-3-5-8-13/h6,9-10H,1-5,7-8H2. The van der Waals surface area contributed by atoms with Gasteiger partial charge in [0.25, 0.3) is 0 Å². The summed E-state index contributed by atoms with van der Waals surface area (Å²) in [6.45, 7) is 1.77. The number of amides is 1. The van der Waals surface area contributed by atoms with Crippen molar-refractivity contribution in [2.24, 2.45) is 0 Å². The second-order valence-electron chi connectivity index (χ2n) is 4.01. The van der Waals surface area contributed by atoms with Gasteiger partial charge >= 0.3 is 6.03 Å². The van der Waals surface area contributed by atoms with Crippen LogP contribution in [0.5, 0.6) is 0 Å². The predicted molar refractivity (Wildman–Crippen MR) is 57.7 cm³/mol. The van der Waals surface area contributed by atoms with Gasteiger partial charge < -0.3 is 4.90 Å². The van der Waals surface area contributed by atoms with Gasteiger partial charge in [-0.2, -0.15) is 0 Å². The summed E-state index contributed by atoms with van der Waals surface area (Å²) in [6.07, 6.45) is 11.0. The molecule has 0 radical (unpaired) electrons. The molecular formula is C11H17N3O. The van der Waals surface area contributed by atoms with Crippen molar-refractivity contribution in [3.05, 3.63) is 18.7 Å². The van der Waals surface area contributed by atoms with E-state index in [1.165, 1.54) is 19.3 Å². The SMILES string of the molecule is O=C(N1CCCCCCC1)n1ccnc1. The van der Waals surface area contributed by atoms with Gasteiger partial charge in [-0.15, -0.1) is 0 Å². The molecule has 0 unspecified atom stereocenters. The Bertz CT molecular complexity index is 300. The van der Waals surface area contributed by atoms with Gasteiger partial charge in [0.15, 0.2) is 0 Å². The molecule has 0 N–H and O–H groups in total. The minimum absolute atomic E-state index is 0.0643. The molecule has 1 aliphatic rings. The van der Waals surface area contributed by atoms with Crippen molar-refractivity contribution >= 4 is 6.03 Å². The maximum absolute atomic E-state index is 12.0. The van der Waals surface area contributed by atoms with Crippen molar-refractivity contribution in [2.45, 2.75) is 32.1 Å². The summed E-state index contributed by atoms with van der Waals surface area (Å²) in [5, 5.41) is 0. The molecule has 0 bridgehead atoms. The van der Waals surface area contributed by atoms with Crippen molar-refractivity contribution < 1.29 is 4.79 Å². The maximum atomic E-state index is 12.0. The fraction of sp³-hybridized carbons (Fsp3) is 0.636. The van der Waals surface area contributed by atoms with E-state index in [2.05, 4.69) is 4.98 Å². The van der Waals surface area contributed by atoms with Crippen LogP contribution in [0.2, 0.25) is 0 Å². The molecule has 1 aromatic rings. The number of hydrogen-bond donors (Lipinski definition) is 0. The zero-order valence-electron chi connectivity index (χ0n) is 8.93. The smallest absolute Gasteiger partial charge is 0.324 e. The molecule has 2 heterocycles. The first-order valence-electron chi connectivity index (χ1n) is 5.65. The van der Waals surface area contributed by atoms with Crippen molar-refractivity contribution in [1.29, 1.82) is 0 Å². The molecule has 0 aliphatic carbocycles. The van der Waals surface area contributed by atoms with Crippen LogP contribution in [-0.2, 0) is 0 Å². The number of likely N-dealkylation sites (tertiary alicyclic amines) is 1. The highest BCUT2D eigenvalue weighted by Crippen LogP contribution is 2.11. The molecular weight excluding hydrogens is 190 g/mol. The third-order valence-electron chi connectivity index (χ3n) is 2.85. The highest BCUT2D eigenvalue weighted by Gasteiger charge is 2.15. The number of rotatable bonds is 0. The van der Waals surface area contributed by atoms with E-state index in [9.17, 15) is 4.79 Å². The van der Waals surface area contributed by atoms with Crippen LogP contribution in [0.3, 0.4) is 0 Å². The van der Waals surface area contributed by atoms with Crippen LogP contribution < -0.4 is 0 Å². The molecule has 0 saturated carbocycles. The fourth-order valence-electron chi connectivity index (χ4n) is 1.97. The number of carbonyl (C=O) groups excluding carboxylic acids is 1. The molecule has 15 heavy (non-hydrogen) atoms. The second kappa shape index (κ2) is 4.96.